The van der Waals surface area contributed by atoms with Crippen LogP contribution in [0.2, 0.25) is 5.02 Å². The molecule has 3 aromatic rings. The second kappa shape index (κ2) is 5.09. The van der Waals surface area contributed by atoms with E-state index in [-0.39, 0.29) is 4.90 Å². The minimum Gasteiger partial charge on any atom is -0.462 e. The van der Waals surface area contributed by atoms with Crippen LogP contribution in [-0.4, -0.2) is 8.42 Å². The Hall–Kier alpha value is -1.98. The highest BCUT2D eigenvalue weighted by Crippen LogP contribution is 2.30. The van der Waals surface area contributed by atoms with Crippen LogP contribution in [0.25, 0.3) is 11.0 Å². The zero-order valence-electron chi connectivity index (χ0n) is 11.1. The summed E-state index contributed by atoms with van der Waals surface area (Å²) in [6.07, 6.45) is 1.37. The molecule has 2 aromatic carbocycles. The van der Waals surface area contributed by atoms with Gasteiger partial charge in [0.25, 0.3) is 10.0 Å². The molecule has 0 atom stereocenters. The molecule has 0 radical (unpaired) electrons. The lowest BCUT2D eigenvalue weighted by Crippen LogP contribution is -2.12. The molecule has 0 amide bonds. The molecule has 108 valence electrons. The molecule has 4 nitrogen and oxygen atoms in total. The topological polar surface area (TPSA) is 59.3 Å². The zero-order valence-corrected chi connectivity index (χ0v) is 12.7. The molecule has 21 heavy (non-hydrogen) atoms. The summed E-state index contributed by atoms with van der Waals surface area (Å²) < 4.78 is 32.6. The Morgan fingerprint density at radius 2 is 1.81 bits per heavy atom. The highest BCUT2D eigenvalue weighted by atomic mass is 35.5. The number of benzene rings is 2. The van der Waals surface area contributed by atoms with Crippen molar-refractivity contribution in [1.82, 2.24) is 0 Å². The van der Waals surface area contributed by atoms with E-state index in [9.17, 15) is 8.42 Å². The number of aryl methyl sites for hydroxylation is 1. The van der Waals surface area contributed by atoms with E-state index < -0.39 is 10.0 Å². The Labute approximate surface area is 127 Å². The first-order valence-electron chi connectivity index (χ1n) is 6.22. The van der Waals surface area contributed by atoms with Crippen molar-refractivity contribution in [2.45, 2.75) is 11.8 Å². The average Bonchev–Trinajstić information content (AvgIpc) is 2.81. The van der Waals surface area contributed by atoms with Gasteiger partial charge in [-0.3, -0.25) is 4.72 Å². The van der Waals surface area contributed by atoms with Gasteiger partial charge in [-0.25, -0.2) is 8.42 Å². The third-order valence-corrected chi connectivity index (χ3v) is 4.73. The molecule has 0 unspecified atom stereocenters. The van der Waals surface area contributed by atoms with Gasteiger partial charge in [-0.15, -0.1) is 0 Å². The highest BCUT2D eigenvalue weighted by Gasteiger charge is 2.17. The summed E-state index contributed by atoms with van der Waals surface area (Å²) in [5.74, 6) is 0. The van der Waals surface area contributed by atoms with E-state index in [1.807, 2.05) is 6.92 Å². The van der Waals surface area contributed by atoms with Gasteiger partial charge in [0.05, 0.1) is 10.6 Å². The molecule has 0 bridgehead atoms. The van der Waals surface area contributed by atoms with E-state index in [0.717, 1.165) is 5.56 Å². The maximum absolute atomic E-state index is 12.4. The molecule has 0 spiro atoms. The maximum atomic E-state index is 12.4. The fourth-order valence-electron chi connectivity index (χ4n) is 2.00. The van der Waals surface area contributed by atoms with Gasteiger partial charge in [0.2, 0.25) is 0 Å². The van der Waals surface area contributed by atoms with Crippen molar-refractivity contribution in [3.63, 3.8) is 0 Å². The predicted molar refractivity (Wildman–Crippen MR) is 83.2 cm³/mol. The number of hydrogen-bond donors (Lipinski definition) is 1. The number of halogens is 1. The third-order valence-electron chi connectivity index (χ3n) is 3.11. The van der Waals surface area contributed by atoms with Crippen molar-refractivity contribution in [2.75, 3.05) is 4.72 Å². The molecule has 0 saturated heterocycles. The molecule has 1 heterocycles. The first-order valence-corrected chi connectivity index (χ1v) is 8.08. The summed E-state index contributed by atoms with van der Waals surface area (Å²) in [7, 11) is -3.66. The lowest BCUT2D eigenvalue weighted by molar-refractivity contribution is 0.599. The Balaban J connectivity index is 2.01. The van der Waals surface area contributed by atoms with Gasteiger partial charge in [0.1, 0.15) is 11.8 Å². The van der Waals surface area contributed by atoms with Crippen molar-refractivity contribution >= 4 is 38.3 Å². The normalized spacial score (nSPS) is 11.7. The lowest BCUT2D eigenvalue weighted by atomic mass is 10.2. The van der Waals surface area contributed by atoms with Crippen LogP contribution in [-0.2, 0) is 10.0 Å². The molecule has 3 rings (SSSR count). The first kappa shape index (κ1) is 14.0. The Kier molecular flexibility index (Phi) is 3.39. The lowest BCUT2D eigenvalue weighted by Gasteiger charge is -2.06. The van der Waals surface area contributed by atoms with Gasteiger partial charge in [0, 0.05) is 10.4 Å². The number of furan rings is 1. The fourth-order valence-corrected chi connectivity index (χ4v) is 3.23. The summed E-state index contributed by atoms with van der Waals surface area (Å²) in [4.78, 5) is 0.199. The van der Waals surface area contributed by atoms with Crippen LogP contribution < -0.4 is 4.72 Å². The minimum atomic E-state index is -3.66. The van der Waals surface area contributed by atoms with Crippen LogP contribution >= 0.6 is 11.6 Å². The molecule has 0 aliphatic carbocycles. The molecule has 1 aromatic heterocycles. The fraction of sp³-hybridized carbons (Fsp3) is 0.0667. The third kappa shape index (κ3) is 2.75. The number of nitrogens with one attached hydrogen (secondary N) is 1. The monoisotopic (exact) mass is 321 g/mol. The van der Waals surface area contributed by atoms with E-state index in [0.29, 0.717) is 21.7 Å². The van der Waals surface area contributed by atoms with Crippen LogP contribution in [0.15, 0.2) is 58.0 Å². The van der Waals surface area contributed by atoms with Gasteiger partial charge in [-0.2, -0.15) is 0 Å². The summed E-state index contributed by atoms with van der Waals surface area (Å²) in [6.45, 7) is 1.90. The van der Waals surface area contributed by atoms with Crippen LogP contribution in [0, 0.1) is 6.92 Å². The zero-order chi connectivity index (χ0) is 15.0. The Morgan fingerprint density at radius 3 is 2.52 bits per heavy atom. The quantitative estimate of drug-likeness (QED) is 0.786. The SMILES string of the molecule is Cc1ccc(S(=O)(=O)Nc2coc3ccc(Cl)cc23)cc1. The van der Waals surface area contributed by atoms with Gasteiger partial charge in [-0.05, 0) is 37.3 Å². The molecular weight excluding hydrogens is 310 g/mol. The largest absolute Gasteiger partial charge is 0.462 e. The van der Waals surface area contributed by atoms with E-state index in [2.05, 4.69) is 4.72 Å². The number of fused-ring (bicyclic) bond motifs is 1. The smallest absolute Gasteiger partial charge is 0.262 e. The molecule has 0 aliphatic heterocycles. The maximum Gasteiger partial charge on any atom is 0.262 e. The molecular formula is C15H12ClNO3S. The van der Waals surface area contributed by atoms with E-state index >= 15 is 0 Å². The van der Waals surface area contributed by atoms with Crippen molar-refractivity contribution < 1.29 is 12.8 Å². The van der Waals surface area contributed by atoms with Gasteiger partial charge >= 0.3 is 0 Å². The van der Waals surface area contributed by atoms with Crippen molar-refractivity contribution in [3.05, 3.63) is 59.3 Å². The summed E-state index contributed by atoms with van der Waals surface area (Å²) in [6, 6.07) is 11.7. The Bertz CT molecular complexity index is 898. The molecule has 0 aliphatic rings. The van der Waals surface area contributed by atoms with Crippen LogP contribution in [0.1, 0.15) is 5.56 Å². The van der Waals surface area contributed by atoms with Crippen LogP contribution in [0.4, 0.5) is 5.69 Å². The Morgan fingerprint density at radius 1 is 1.10 bits per heavy atom. The van der Waals surface area contributed by atoms with E-state index in [1.165, 1.54) is 6.26 Å². The van der Waals surface area contributed by atoms with Crippen molar-refractivity contribution in [3.8, 4) is 0 Å². The van der Waals surface area contributed by atoms with E-state index in [4.69, 9.17) is 16.0 Å². The number of rotatable bonds is 3. The van der Waals surface area contributed by atoms with Crippen molar-refractivity contribution in [1.29, 1.82) is 0 Å². The van der Waals surface area contributed by atoms with Crippen molar-refractivity contribution in [2.24, 2.45) is 0 Å². The van der Waals surface area contributed by atoms with Crippen LogP contribution in [0.5, 0.6) is 0 Å². The van der Waals surface area contributed by atoms with Gasteiger partial charge < -0.3 is 4.42 Å². The molecule has 1 N–H and O–H groups in total. The minimum absolute atomic E-state index is 0.199. The first-order chi connectivity index (χ1) is 9.95. The standard InChI is InChI=1S/C15H12ClNO3S/c1-10-2-5-12(6-3-10)21(18,19)17-14-9-20-15-7-4-11(16)8-13(14)15/h2-9,17H,1H3. The van der Waals surface area contributed by atoms with Crippen LogP contribution in [0.3, 0.4) is 0 Å². The number of hydrogen-bond acceptors (Lipinski definition) is 3. The summed E-state index contributed by atoms with van der Waals surface area (Å²) >= 11 is 5.93. The molecule has 0 saturated carbocycles. The molecule has 6 heteroatoms. The van der Waals surface area contributed by atoms with E-state index in [1.54, 1.807) is 42.5 Å². The second-order valence-electron chi connectivity index (χ2n) is 4.71. The highest BCUT2D eigenvalue weighted by molar-refractivity contribution is 7.92. The summed E-state index contributed by atoms with van der Waals surface area (Å²) in [5, 5.41) is 1.14. The summed E-state index contributed by atoms with van der Waals surface area (Å²) in [5.41, 5.74) is 1.93. The van der Waals surface area contributed by atoms with Gasteiger partial charge in [0.15, 0.2) is 0 Å². The number of anilines is 1. The average molecular weight is 322 g/mol. The van der Waals surface area contributed by atoms with Gasteiger partial charge in [-0.1, -0.05) is 29.3 Å². The number of sulfonamides is 1. The predicted octanol–water partition coefficient (Wildman–Crippen LogP) is 4.20. The second-order valence-corrected chi connectivity index (χ2v) is 6.83. The molecule has 0 fully saturated rings.